The summed E-state index contributed by atoms with van der Waals surface area (Å²) in [5.74, 6) is 2.99. The van der Waals surface area contributed by atoms with E-state index in [-0.39, 0.29) is 0 Å². The lowest BCUT2D eigenvalue weighted by Gasteiger charge is -2.64. The molecule has 4 aliphatic rings. The van der Waals surface area contributed by atoms with Gasteiger partial charge in [0, 0.05) is 6.04 Å². The summed E-state index contributed by atoms with van der Waals surface area (Å²) in [7, 11) is 2.17. The van der Waals surface area contributed by atoms with Crippen molar-refractivity contribution in [3.63, 3.8) is 0 Å². The molecule has 0 spiro atoms. The van der Waals surface area contributed by atoms with Gasteiger partial charge in [0.1, 0.15) is 0 Å². The van der Waals surface area contributed by atoms with E-state index < -0.39 is 0 Å². The lowest BCUT2D eigenvalue weighted by molar-refractivity contribution is -0.129. The van der Waals surface area contributed by atoms with Gasteiger partial charge in [0.25, 0.3) is 0 Å². The normalized spacial score (nSPS) is 47.8. The number of hydrogen-bond donors (Lipinski definition) is 1. The Labute approximate surface area is 113 Å². The topological polar surface area (TPSA) is 12.0 Å². The molecule has 3 unspecified atom stereocenters. The maximum absolute atomic E-state index is 3.59. The summed E-state index contributed by atoms with van der Waals surface area (Å²) >= 11 is 0. The van der Waals surface area contributed by atoms with Gasteiger partial charge in [-0.05, 0) is 87.5 Å². The Morgan fingerprint density at radius 1 is 1.06 bits per heavy atom. The third-order valence-corrected chi connectivity index (χ3v) is 6.42. The van der Waals surface area contributed by atoms with Crippen LogP contribution in [-0.4, -0.2) is 13.1 Å². The summed E-state index contributed by atoms with van der Waals surface area (Å²) in [6.07, 6.45) is 10.7. The lowest BCUT2D eigenvalue weighted by Crippen LogP contribution is -2.58. The molecule has 0 amide bonds. The van der Waals surface area contributed by atoms with Crippen LogP contribution in [0.1, 0.15) is 65.7 Å². The molecule has 0 radical (unpaired) electrons. The fraction of sp³-hybridized carbons (Fsp3) is 1.00. The Morgan fingerprint density at radius 2 is 1.67 bits per heavy atom. The molecule has 0 saturated heterocycles. The maximum Gasteiger partial charge on any atom is 0.00925 e. The quantitative estimate of drug-likeness (QED) is 0.786. The van der Waals surface area contributed by atoms with E-state index in [0.717, 1.165) is 29.2 Å². The summed E-state index contributed by atoms with van der Waals surface area (Å²) in [6, 6.07) is 0.718. The van der Waals surface area contributed by atoms with Crippen molar-refractivity contribution >= 4 is 0 Å². The first-order valence-corrected chi connectivity index (χ1v) is 8.14. The first-order valence-electron chi connectivity index (χ1n) is 8.14. The van der Waals surface area contributed by atoms with Crippen LogP contribution in [0.25, 0.3) is 0 Å². The Bertz CT molecular complexity index is 300. The van der Waals surface area contributed by atoms with E-state index in [1.54, 1.807) is 19.3 Å². The predicted molar refractivity (Wildman–Crippen MR) is 77.5 cm³/mol. The van der Waals surface area contributed by atoms with Gasteiger partial charge in [0.05, 0.1) is 0 Å². The molecular weight excluding hydrogens is 218 g/mol. The van der Waals surface area contributed by atoms with Gasteiger partial charge in [0.15, 0.2) is 0 Å². The van der Waals surface area contributed by atoms with Crippen molar-refractivity contribution in [1.82, 2.24) is 5.32 Å². The molecule has 1 heteroatoms. The zero-order chi connectivity index (χ0) is 13.0. The third kappa shape index (κ3) is 1.94. The smallest absolute Gasteiger partial charge is 0.00925 e. The molecule has 0 aromatic heterocycles. The van der Waals surface area contributed by atoms with Crippen molar-refractivity contribution in [3.8, 4) is 0 Å². The van der Waals surface area contributed by atoms with E-state index in [1.165, 1.54) is 25.7 Å². The van der Waals surface area contributed by atoms with Crippen molar-refractivity contribution < 1.29 is 0 Å². The molecule has 4 fully saturated rings. The Morgan fingerprint density at radius 3 is 2.17 bits per heavy atom. The van der Waals surface area contributed by atoms with Crippen LogP contribution in [0.4, 0.5) is 0 Å². The standard InChI is InChI=1S/C17H31N/c1-12(2)6-16-7-14-5-15(8-16)10-17(9-14,11-16)13(3)18-4/h12-15,18H,5-11H2,1-4H3. The average Bonchev–Trinajstić information content (AvgIpc) is 2.24. The van der Waals surface area contributed by atoms with E-state index in [1.807, 2.05) is 0 Å². The summed E-state index contributed by atoms with van der Waals surface area (Å²) in [5, 5.41) is 3.59. The molecule has 4 aliphatic carbocycles. The molecule has 4 rings (SSSR count). The second-order valence-electron chi connectivity index (χ2n) is 8.43. The van der Waals surface area contributed by atoms with Crippen LogP contribution < -0.4 is 5.32 Å². The van der Waals surface area contributed by atoms with Crippen LogP contribution in [-0.2, 0) is 0 Å². The van der Waals surface area contributed by atoms with Crippen molar-refractivity contribution in [2.24, 2.45) is 28.6 Å². The SMILES string of the molecule is CNC(C)C12CC3CC(CC(CC(C)C)(C3)C1)C2. The Balaban J connectivity index is 1.88. The molecule has 18 heavy (non-hydrogen) atoms. The highest BCUT2D eigenvalue weighted by atomic mass is 14.9. The van der Waals surface area contributed by atoms with Crippen LogP contribution in [0, 0.1) is 28.6 Å². The minimum Gasteiger partial charge on any atom is -0.317 e. The minimum atomic E-state index is 0.647. The van der Waals surface area contributed by atoms with Crippen LogP contribution in [0.5, 0.6) is 0 Å². The van der Waals surface area contributed by atoms with Crippen LogP contribution in [0.2, 0.25) is 0 Å². The zero-order valence-corrected chi connectivity index (χ0v) is 12.8. The highest BCUT2D eigenvalue weighted by Gasteiger charge is 2.58. The van der Waals surface area contributed by atoms with Crippen LogP contribution in [0.15, 0.2) is 0 Å². The van der Waals surface area contributed by atoms with Crippen molar-refractivity contribution in [3.05, 3.63) is 0 Å². The molecule has 4 bridgehead atoms. The highest BCUT2D eigenvalue weighted by molar-refractivity contribution is 5.10. The second-order valence-corrected chi connectivity index (χ2v) is 8.43. The maximum atomic E-state index is 3.59. The predicted octanol–water partition coefficient (Wildman–Crippen LogP) is 4.23. The van der Waals surface area contributed by atoms with Gasteiger partial charge in [-0.25, -0.2) is 0 Å². The summed E-state index contributed by atoms with van der Waals surface area (Å²) < 4.78 is 0. The molecule has 1 N–H and O–H groups in total. The number of hydrogen-bond acceptors (Lipinski definition) is 1. The Hall–Kier alpha value is -0.0400. The summed E-state index contributed by atoms with van der Waals surface area (Å²) in [4.78, 5) is 0. The zero-order valence-electron chi connectivity index (χ0n) is 12.8. The van der Waals surface area contributed by atoms with Gasteiger partial charge < -0.3 is 5.32 Å². The molecule has 0 aliphatic heterocycles. The summed E-state index contributed by atoms with van der Waals surface area (Å²) in [5.41, 5.74) is 1.37. The fourth-order valence-corrected chi connectivity index (χ4v) is 6.44. The molecule has 3 atom stereocenters. The first kappa shape index (κ1) is 13.0. The van der Waals surface area contributed by atoms with E-state index in [9.17, 15) is 0 Å². The average molecular weight is 249 g/mol. The first-order chi connectivity index (χ1) is 8.47. The van der Waals surface area contributed by atoms with Gasteiger partial charge in [-0.3, -0.25) is 0 Å². The van der Waals surface area contributed by atoms with Gasteiger partial charge in [0.2, 0.25) is 0 Å². The second kappa shape index (κ2) is 4.23. The monoisotopic (exact) mass is 249 g/mol. The van der Waals surface area contributed by atoms with Gasteiger partial charge in [-0.2, -0.15) is 0 Å². The van der Waals surface area contributed by atoms with Gasteiger partial charge >= 0.3 is 0 Å². The molecule has 0 aromatic rings. The van der Waals surface area contributed by atoms with Crippen LogP contribution >= 0.6 is 0 Å². The van der Waals surface area contributed by atoms with Crippen molar-refractivity contribution in [1.29, 1.82) is 0 Å². The Kier molecular flexibility index (Phi) is 3.05. The molecule has 104 valence electrons. The van der Waals surface area contributed by atoms with E-state index in [2.05, 4.69) is 33.1 Å². The molecule has 0 aromatic carbocycles. The summed E-state index contributed by atoms with van der Waals surface area (Å²) in [6.45, 7) is 7.29. The molecule has 1 nitrogen and oxygen atoms in total. The van der Waals surface area contributed by atoms with E-state index >= 15 is 0 Å². The number of nitrogens with one attached hydrogen (secondary N) is 1. The molecule has 4 saturated carbocycles. The number of rotatable bonds is 4. The fourth-order valence-electron chi connectivity index (χ4n) is 6.44. The van der Waals surface area contributed by atoms with Crippen LogP contribution in [0.3, 0.4) is 0 Å². The minimum absolute atomic E-state index is 0.647. The van der Waals surface area contributed by atoms with Crippen molar-refractivity contribution in [2.75, 3.05) is 7.05 Å². The molecular formula is C17H31N. The third-order valence-electron chi connectivity index (χ3n) is 6.42. The van der Waals surface area contributed by atoms with E-state index in [4.69, 9.17) is 0 Å². The highest BCUT2D eigenvalue weighted by Crippen LogP contribution is 2.67. The van der Waals surface area contributed by atoms with Crippen molar-refractivity contribution in [2.45, 2.75) is 71.8 Å². The molecule has 0 heterocycles. The van der Waals surface area contributed by atoms with Gasteiger partial charge in [-0.15, -0.1) is 0 Å². The van der Waals surface area contributed by atoms with Gasteiger partial charge in [-0.1, -0.05) is 13.8 Å². The largest absolute Gasteiger partial charge is 0.317 e. The lowest BCUT2D eigenvalue weighted by atomic mass is 9.42. The van der Waals surface area contributed by atoms with E-state index in [0.29, 0.717) is 5.41 Å².